The molecule has 214 valence electrons. The summed E-state index contributed by atoms with van der Waals surface area (Å²) in [6.07, 6.45) is 3.00. The Balaban J connectivity index is 1.52. The van der Waals surface area contributed by atoms with Crippen molar-refractivity contribution in [3.63, 3.8) is 0 Å². The number of methoxy groups -OCH3 is 1. The molecule has 1 aliphatic rings. The number of hydrogen-bond donors (Lipinski definition) is 2. The lowest BCUT2D eigenvalue weighted by Crippen LogP contribution is -2.54. The number of nitrogens with zero attached hydrogens (tertiary/aromatic N) is 2. The lowest BCUT2D eigenvalue weighted by Gasteiger charge is -2.43. The molecule has 1 amide bonds. The summed E-state index contributed by atoms with van der Waals surface area (Å²) in [6.45, 7) is 1.98. The van der Waals surface area contributed by atoms with Crippen LogP contribution >= 0.6 is 11.6 Å². The van der Waals surface area contributed by atoms with Gasteiger partial charge < -0.3 is 25.2 Å². The second-order valence-corrected chi connectivity index (χ2v) is 10.9. The average Bonchev–Trinajstić information content (AvgIpc) is 3.02. The quantitative estimate of drug-likeness (QED) is 0.241. The van der Waals surface area contributed by atoms with E-state index in [1.54, 1.807) is 30.3 Å². The summed E-state index contributed by atoms with van der Waals surface area (Å²) in [6, 6.07) is 22.8. The van der Waals surface area contributed by atoms with E-state index in [0.717, 1.165) is 28.5 Å². The minimum absolute atomic E-state index is 0.103. The maximum absolute atomic E-state index is 13.5. The third kappa shape index (κ3) is 6.30. The molecule has 1 saturated heterocycles. The number of nitrogens with two attached hydrogens (primary N) is 1. The largest absolute Gasteiger partial charge is 0.385 e. The second kappa shape index (κ2) is 13.1. The predicted octanol–water partition coefficient (Wildman–Crippen LogP) is 5.56. The van der Waals surface area contributed by atoms with E-state index in [9.17, 15) is 9.90 Å². The van der Waals surface area contributed by atoms with Crippen LogP contribution in [0.4, 0.5) is 0 Å². The number of para-hydroxylation sites is 1. The number of carbonyl (C=O) groups excluding carboxylic acids is 1. The first-order valence-electron chi connectivity index (χ1n) is 14.0. The van der Waals surface area contributed by atoms with Gasteiger partial charge in [-0.2, -0.15) is 0 Å². The van der Waals surface area contributed by atoms with Crippen LogP contribution in [0.5, 0.6) is 0 Å². The van der Waals surface area contributed by atoms with Gasteiger partial charge in [0, 0.05) is 60.1 Å². The van der Waals surface area contributed by atoms with Gasteiger partial charge in [-0.3, -0.25) is 9.78 Å². The van der Waals surface area contributed by atoms with Crippen molar-refractivity contribution in [2.75, 3.05) is 33.4 Å². The first-order valence-corrected chi connectivity index (χ1v) is 14.4. The molecule has 8 heteroatoms. The molecule has 1 fully saturated rings. The van der Waals surface area contributed by atoms with Gasteiger partial charge in [0.2, 0.25) is 0 Å². The highest BCUT2D eigenvalue weighted by Gasteiger charge is 2.44. The third-order valence-electron chi connectivity index (χ3n) is 7.84. The predicted molar refractivity (Wildman–Crippen MR) is 162 cm³/mol. The summed E-state index contributed by atoms with van der Waals surface area (Å²) in [7, 11) is 1.67. The minimum Gasteiger partial charge on any atom is -0.385 e. The Labute approximate surface area is 245 Å². The maximum Gasteiger partial charge on any atom is 0.254 e. The minimum atomic E-state index is -1.43. The van der Waals surface area contributed by atoms with Crippen molar-refractivity contribution < 1.29 is 19.4 Å². The number of ether oxygens (including phenoxy) is 2. The van der Waals surface area contributed by atoms with Crippen LogP contribution in [0.15, 0.2) is 79.0 Å². The van der Waals surface area contributed by atoms with Crippen LogP contribution < -0.4 is 5.73 Å². The van der Waals surface area contributed by atoms with E-state index in [0.29, 0.717) is 60.9 Å². The van der Waals surface area contributed by atoms with Crippen LogP contribution in [0, 0.1) is 0 Å². The van der Waals surface area contributed by atoms with E-state index in [1.165, 1.54) is 0 Å². The number of hydrogen-bond acceptors (Lipinski definition) is 6. The van der Waals surface area contributed by atoms with E-state index in [-0.39, 0.29) is 12.5 Å². The smallest absolute Gasteiger partial charge is 0.254 e. The molecular formula is C33H36ClN3O4. The van der Waals surface area contributed by atoms with E-state index >= 15 is 0 Å². The highest BCUT2D eigenvalue weighted by Crippen LogP contribution is 2.43. The standard InChI is InChI=1S/C33H36ClN3O4/c1-40-17-5-4-15-33(39,30-22-37(16-18-41-30)32(38)24-13-11-23(20-35)12-14-24)27-8-6-9-28(34)31(27)26-19-25-7-2-3-10-29(25)36-21-26/h2-3,6-14,19,21,30,39H,4-5,15-18,20,22,35H2,1H3. The molecule has 0 radical (unpaired) electrons. The van der Waals surface area contributed by atoms with Crippen molar-refractivity contribution in [1.82, 2.24) is 9.88 Å². The van der Waals surface area contributed by atoms with E-state index in [4.69, 9.17) is 26.8 Å². The van der Waals surface area contributed by atoms with Gasteiger partial charge in [-0.25, -0.2) is 0 Å². The number of pyridine rings is 1. The molecule has 41 heavy (non-hydrogen) atoms. The van der Waals surface area contributed by atoms with Gasteiger partial charge in [0.25, 0.3) is 5.91 Å². The fourth-order valence-corrected chi connectivity index (χ4v) is 5.87. The zero-order valence-electron chi connectivity index (χ0n) is 23.3. The van der Waals surface area contributed by atoms with Crippen LogP contribution in [0.1, 0.15) is 40.7 Å². The van der Waals surface area contributed by atoms with Crippen LogP contribution in [0.25, 0.3) is 22.0 Å². The molecule has 3 N–H and O–H groups in total. The normalized spacial score (nSPS) is 17.0. The van der Waals surface area contributed by atoms with Crippen molar-refractivity contribution in [2.45, 2.75) is 37.5 Å². The first-order chi connectivity index (χ1) is 19.9. The molecule has 5 rings (SSSR count). The van der Waals surface area contributed by atoms with Gasteiger partial charge in [-0.05, 0) is 60.7 Å². The molecular weight excluding hydrogens is 538 g/mol. The monoisotopic (exact) mass is 573 g/mol. The Kier molecular flexibility index (Phi) is 9.32. The van der Waals surface area contributed by atoms with Gasteiger partial charge in [-0.1, -0.05) is 54.1 Å². The lowest BCUT2D eigenvalue weighted by molar-refractivity contribution is -0.146. The molecule has 2 unspecified atom stereocenters. The fraction of sp³-hybridized carbons (Fsp3) is 0.333. The number of morpholine rings is 1. The summed E-state index contributed by atoms with van der Waals surface area (Å²) in [5.74, 6) is -0.103. The number of unbranched alkanes of at least 4 members (excludes halogenated alkanes) is 1. The van der Waals surface area contributed by atoms with Gasteiger partial charge >= 0.3 is 0 Å². The first kappa shape index (κ1) is 29.2. The fourth-order valence-electron chi connectivity index (χ4n) is 5.58. The summed E-state index contributed by atoms with van der Waals surface area (Å²) in [5.41, 5.74) is 8.90. The third-order valence-corrected chi connectivity index (χ3v) is 8.15. The summed E-state index contributed by atoms with van der Waals surface area (Å²) in [4.78, 5) is 19.9. The summed E-state index contributed by atoms with van der Waals surface area (Å²) in [5, 5.41) is 14.1. The molecule has 0 saturated carbocycles. The van der Waals surface area contributed by atoms with Gasteiger partial charge in [0.15, 0.2) is 0 Å². The number of rotatable bonds is 10. The van der Waals surface area contributed by atoms with Crippen molar-refractivity contribution in [2.24, 2.45) is 5.73 Å². The summed E-state index contributed by atoms with van der Waals surface area (Å²) >= 11 is 6.85. The van der Waals surface area contributed by atoms with Crippen molar-refractivity contribution in [3.05, 3.63) is 101 Å². The Hall–Kier alpha value is -3.33. The van der Waals surface area contributed by atoms with Crippen molar-refractivity contribution in [3.8, 4) is 11.1 Å². The number of benzene rings is 3. The van der Waals surface area contributed by atoms with E-state index in [1.807, 2.05) is 60.7 Å². The molecule has 0 bridgehead atoms. The molecule has 0 aliphatic carbocycles. The van der Waals surface area contributed by atoms with Crippen molar-refractivity contribution >= 4 is 28.4 Å². The molecule has 0 spiro atoms. The van der Waals surface area contributed by atoms with Crippen LogP contribution in [0.3, 0.4) is 0 Å². The van der Waals surface area contributed by atoms with Gasteiger partial charge in [0.1, 0.15) is 11.7 Å². The van der Waals surface area contributed by atoms with E-state index < -0.39 is 11.7 Å². The number of carbonyl (C=O) groups is 1. The number of fused-ring (bicyclic) bond motifs is 1. The highest BCUT2D eigenvalue weighted by molar-refractivity contribution is 6.33. The zero-order valence-corrected chi connectivity index (χ0v) is 24.0. The molecule has 4 aromatic rings. The molecule has 1 aliphatic heterocycles. The Bertz CT molecular complexity index is 1500. The summed E-state index contributed by atoms with van der Waals surface area (Å²) < 4.78 is 11.5. The molecule has 3 aromatic carbocycles. The van der Waals surface area contributed by atoms with Crippen LogP contribution in [-0.2, 0) is 21.6 Å². The van der Waals surface area contributed by atoms with Crippen LogP contribution in [-0.4, -0.2) is 60.4 Å². The Morgan fingerprint density at radius 3 is 2.73 bits per heavy atom. The highest BCUT2D eigenvalue weighted by atomic mass is 35.5. The number of aliphatic hydroxyl groups is 1. The van der Waals surface area contributed by atoms with Gasteiger partial charge in [-0.15, -0.1) is 0 Å². The molecule has 2 heterocycles. The molecule has 1 aromatic heterocycles. The second-order valence-electron chi connectivity index (χ2n) is 10.5. The Morgan fingerprint density at radius 2 is 1.95 bits per heavy atom. The number of aromatic nitrogens is 1. The number of amides is 1. The SMILES string of the molecule is COCCCCC(O)(c1cccc(Cl)c1-c1cnc2ccccc2c1)C1CN(C(=O)c2ccc(CN)cc2)CCO1. The van der Waals surface area contributed by atoms with Crippen molar-refractivity contribution in [1.29, 1.82) is 0 Å². The maximum atomic E-state index is 13.5. The zero-order chi connectivity index (χ0) is 28.8. The molecule has 2 atom stereocenters. The molecule has 7 nitrogen and oxygen atoms in total. The Morgan fingerprint density at radius 1 is 1.15 bits per heavy atom. The number of halogens is 1. The van der Waals surface area contributed by atoms with E-state index in [2.05, 4.69) is 4.98 Å². The topological polar surface area (TPSA) is 97.9 Å². The average molecular weight is 574 g/mol. The van der Waals surface area contributed by atoms with Crippen LogP contribution in [0.2, 0.25) is 5.02 Å². The van der Waals surface area contributed by atoms with Gasteiger partial charge in [0.05, 0.1) is 18.7 Å². The lowest BCUT2D eigenvalue weighted by atomic mass is 9.79.